The molecule has 16 heavy (non-hydrogen) atoms. The Balaban J connectivity index is 1.97. The van der Waals surface area contributed by atoms with Gasteiger partial charge in [-0.05, 0) is 44.2 Å². The van der Waals surface area contributed by atoms with Crippen molar-refractivity contribution in [3.8, 4) is 0 Å². The van der Waals surface area contributed by atoms with Crippen molar-refractivity contribution >= 4 is 17.3 Å². The molecule has 88 valence electrons. The quantitative estimate of drug-likeness (QED) is 0.849. The number of rotatable bonds is 5. The van der Waals surface area contributed by atoms with Crippen molar-refractivity contribution in [3.63, 3.8) is 0 Å². The molecule has 1 saturated carbocycles. The lowest BCUT2D eigenvalue weighted by Gasteiger charge is -2.25. The highest BCUT2D eigenvalue weighted by molar-refractivity contribution is 6.30. The number of anilines is 1. The zero-order chi connectivity index (χ0) is 11.6. The summed E-state index contributed by atoms with van der Waals surface area (Å²) in [7, 11) is 4.18. The molecular formula is C13H19ClN2. The minimum atomic E-state index is 0.503. The molecule has 0 heterocycles. The van der Waals surface area contributed by atoms with Gasteiger partial charge >= 0.3 is 0 Å². The lowest BCUT2D eigenvalue weighted by molar-refractivity contribution is 0.482. The Morgan fingerprint density at radius 3 is 2.44 bits per heavy atom. The summed E-state index contributed by atoms with van der Waals surface area (Å²) in [5, 5.41) is 4.09. The van der Waals surface area contributed by atoms with E-state index in [9.17, 15) is 0 Å². The van der Waals surface area contributed by atoms with Crippen LogP contribution in [-0.2, 0) is 0 Å². The molecule has 3 heteroatoms. The second-order valence-electron chi connectivity index (χ2n) is 4.86. The summed E-state index contributed by atoms with van der Waals surface area (Å²) in [5.41, 5.74) is 1.75. The summed E-state index contributed by atoms with van der Waals surface area (Å²) in [6, 6.07) is 8.06. The van der Waals surface area contributed by atoms with Crippen LogP contribution in [0.4, 0.5) is 5.69 Å². The van der Waals surface area contributed by atoms with E-state index in [0.717, 1.165) is 18.1 Å². The van der Waals surface area contributed by atoms with E-state index in [1.54, 1.807) is 0 Å². The third-order valence-electron chi connectivity index (χ3n) is 3.35. The normalized spacial score (nSPS) is 17.2. The summed E-state index contributed by atoms with van der Waals surface area (Å²) in [6.07, 6.45) is 2.68. The van der Waals surface area contributed by atoms with Gasteiger partial charge in [-0.25, -0.2) is 0 Å². The smallest absolute Gasteiger partial charge is 0.0407 e. The Hall–Kier alpha value is -0.730. The van der Waals surface area contributed by atoms with Crippen LogP contribution in [0.25, 0.3) is 0 Å². The lowest BCUT2D eigenvalue weighted by Crippen LogP contribution is -2.32. The first-order chi connectivity index (χ1) is 7.65. The number of hydrogen-bond donors (Lipinski definition) is 1. The fraction of sp³-hybridized carbons (Fsp3) is 0.538. The molecule has 0 aromatic heterocycles. The summed E-state index contributed by atoms with van der Waals surface area (Å²) < 4.78 is 0. The van der Waals surface area contributed by atoms with Gasteiger partial charge in [-0.3, -0.25) is 0 Å². The maximum atomic E-state index is 5.88. The molecule has 0 amide bonds. The van der Waals surface area contributed by atoms with E-state index in [1.807, 2.05) is 19.2 Å². The molecule has 0 unspecified atom stereocenters. The standard InChI is InChI=1S/C13H19ClN2/c1-15-9-13(7-8-13)10-16(2)12-5-3-11(14)4-6-12/h3-6,15H,7-10H2,1-2H3. The first-order valence-corrected chi connectivity index (χ1v) is 6.14. The Morgan fingerprint density at radius 1 is 1.31 bits per heavy atom. The molecule has 0 bridgehead atoms. The SMILES string of the molecule is CNCC1(CN(C)c2ccc(Cl)cc2)CC1. The van der Waals surface area contributed by atoms with E-state index >= 15 is 0 Å². The predicted molar refractivity (Wildman–Crippen MR) is 70.3 cm³/mol. The summed E-state index contributed by atoms with van der Waals surface area (Å²) in [6.45, 7) is 2.24. The minimum absolute atomic E-state index is 0.503. The minimum Gasteiger partial charge on any atom is -0.374 e. The highest BCUT2D eigenvalue weighted by atomic mass is 35.5. The van der Waals surface area contributed by atoms with E-state index in [4.69, 9.17) is 11.6 Å². The van der Waals surface area contributed by atoms with E-state index in [-0.39, 0.29) is 0 Å². The monoisotopic (exact) mass is 238 g/mol. The second kappa shape index (κ2) is 4.64. The van der Waals surface area contributed by atoms with Gasteiger partial charge in [-0.15, -0.1) is 0 Å². The highest BCUT2D eigenvalue weighted by Crippen LogP contribution is 2.45. The van der Waals surface area contributed by atoms with Crippen molar-refractivity contribution in [3.05, 3.63) is 29.3 Å². The molecule has 1 aromatic rings. The molecule has 2 rings (SSSR count). The number of hydrogen-bond acceptors (Lipinski definition) is 2. The van der Waals surface area contributed by atoms with Crippen molar-refractivity contribution in [1.82, 2.24) is 5.32 Å². The van der Waals surface area contributed by atoms with Gasteiger partial charge in [0.15, 0.2) is 0 Å². The number of benzene rings is 1. The predicted octanol–water partition coefficient (Wildman–Crippen LogP) is 2.78. The van der Waals surface area contributed by atoms with E-state index < -0.39 is 0 Å². The molecule has 1 aliphatic carbocycles. The van der Waals surface area contributed by atoms with Crippen molar-refractivity contribution < 1.29 is 0 Å². The third kappa shape index (κ3) is 2.69. The van der Waals surface area contributed by atoms with Gasteiger partial charge in [-0.2, -0.15) is 0 Å². The van der Waals surface area contributed by atoms with Crippen LogP contribution in [0.1, 0.15) is 12.8 Å². The van der Waals surface area contributed by atoms with Gasteiger partial charge < -0.3 is 10.2 Å². The van der Waals surface area contributed by atoms with Crippen LogP contribution in [0.5, 0.6) is 0 Å². The summed E-state index contributed by atoms with van der Waals surface area (Å²) in [4.78, 5) is 2.32. The molecule has 0 aliphatic heterocycles. The van der Waals surface area contributed by atoms with Gasteiger partial charge in [0, 0.05) is 36.3 Å². The van der Waals surface area contributed by atoms with Crippen molar-refractivity contribution in [2.75, 3.05) is 32.1 Å². The van der Waals surface area contributed by atoms with Crippen molar-refractivity contribution in [2.24, 2.45) is 5.41 Å². The summed E-state index contributed by atoms with van der Waals surface area (Å²) in [5.74, 6) is 0. The van der Waals surface area contributed by atoms with Crippen molar-refractivity contribution in [1.29, 1.82) is 0 Å². The van der Waals surface area contributed by atoms with E-state index in [1.165, 1.54) is 18.5 Å². The van der Waals surface area contributed by atoms with Gasteiger partial charge in [0.2, 0.25) is 0 Å². The largest absolute Gasteiger partial charge is 0.374 e. The van der Waals surface area contributed by atoms with Crippen molar-refractivity contribution in [2.45, 2.75) is 12.8 Å². The zero-order valence-electron chi connectivity index (χ0n) is 9.96. The van der Waals surface area contributed by atoms with Crippen LogP contribution in [0, 0.1) is 5.41 Å². The fourth-order valence-corrected chi connectivity index (χ4v) is 2.36. The molecule has 1 fully saturated rings. The molecular weight excluding hydrogens is 220 g/mol. The Bertz CT molecular complexity index is 343. The Labute approximate surface area is 103 Å². The van der Waals surface area contributed by atoms with Crippen LogP contribution in [-0.4, -0.2) is 27.2 Å². The maximum Gasteiger partial charge on any atom is 0.0407 e. The van der Waals surface area contributed by atoms with Gasteiger partial charge in [-0.1, -0.05) is 11.6 Å². The number of halogens is 1. The van der Waals surface area contributed by atoms with Gasteiger partial charge in [0.1, 0.15) is 0 Å². The lowest BCUT2D eigenvalue weighted by atomic mass is 10.1. The third-order valence-corrected chi connectivity index (χ3v) is 3.60. The van der Waals surface area contributed by atoms with E-state index in [0.29, 0.717) is 5.41 Å². The molecule has 0 atom stereocenters. The molecule has 2 nitrogen and oxygen atoms in total. The number of nitrogens with zero attached hydrogens (tertiary/aromatic N) is 1. The Morgan fingerprint density at radius 2 is 1.94 bits per heavy atom. The van der Waals surface area contributed by atoms with Gasteiger partial charge in [0.25, 0.3) is 0 Å². The van der Waals surface area contributed by atoms with Crippen LogP contribution in [0.2, 0.25) is 5.02 Å². The first-order valence-electron chi connectivity index (χ1n) is 5.77. The number of nitrogens with one attached hydrogen (secondary N) is 1. The zero-order valence-corrected chi connectivity index (χ0v) is 10.7. The summed E-state index contributed by atoms with van der Waals surface area (Å²) >= 11 is 5.88. The molecule has 0 spiro atoms. The fourth-order valence-electron chi connectivity index (χ4n) is 2.23. The van der Waals surface area contributed by atoms with Crippen LogP contribution in [0.3, 0.4) is 0 Å². The topological polar surface area (TPSA) is 15.3 Å². The highest BCUT2D eigenvalue weighted by Gasteiger charge is 2.42. The second-order valence-corrected chi connectivity index (χ2v) is 5.30. The molecule has 1 N–H and O–H groups in total. The first kappa shape index (κ1) is 11.7. The van der Waals surface area contributed by atoms with Crippen LogP contribution < -0.4 is 10.2 Å². The molecule has 1 aromatic carbocycles. The maximum absolute atomic E-state index is 5.88. The van der Waals surface area contributed by atoms with E-state index in [2.05, 4.69) is 29.4 Å². The average Bonchev–Trinajstić information content (AvgIpc) is 2.99. The molecule has 0 radical (unpaired) electrons. The molecule has 1 aliphatic rings. The average molecular weight is 239 g/mol. The van der Waals surface area contributed by atoms with Crippen LogP contribution >= 0.6 is 11.6 Å². The van der Waals surface area contributed by atoms with Crippen LogP contribution in [0.15, 0.2) is 24.3 Å². The van der Waals surface area contributed by atoms with Gasteiger partial charge in [0.05, 0.1) is 0 Å². The molecule has 0 saturated heterocycles. The Kier molecular flexibility index (Phi) is 3.41.